The highest BCUT2D eigenvalue weighted by atomic mass is 16.5. The first-order valence-electron chi connectivity index (χ1n) is 6.85. The van der Waals surface area contributed by atoms with Crippen LogP contribution in [0.4, 0.5) is 0 Å². The van der Waals surface area contributed by atoms with E-state index >= 15 is 0 Å². The van der Waals surface area contributed by atoms with Crippen molar-refractivity contribution in [1.82, 2.24) is 15.5 Å². The smallest absolute Gasteiger partial charge is 0.228 e. The molecule has 0 amide bonds. The van der Waals surface area contributed by atoms with Crippen LogP contribution in [0, 0.1) is 5.92 Å². The summed E-state index contributed by atoms with van der Waals surface area (Å²) in [4.78, 5) is 8.54. The highest BCUT2D eigenvalue weighted by Gasteiger charge is 2.08. The zero-order valence-corrected chi connectivity index (χ0v) is 12.3. The van der Waals surface area contributed by atoms with Crippen LogP contribution >= 0.6 is 0 Å². The van der Waals surface area contributed by atoms with Crippen LogP contribution in [-0.2, 0) is 6.42 Å². The van der Waals surface area contributed by atoms with Crippen molar-refractivity contribution in [3.8, 4) is 0 Å². The zero-order chi connectivity index (χ0) is 14.3. The molecule has 0 bridgehead atoms. The Balaban J connectivity index is 2.25. The summed E-state index contributed by atoms with van der Waals surface area (Å²) in [7, 11) is 0. The lowest BCUT2D eigenvalue weighted by Crippen LogP contribution is -2.33. The molecule has 3 N–H and O–H groups in total. The average Bonchev–Trinajstić information content (AvgIpc) is 2.77. The molecule has 0 aromatic carbocycles. The van der Waals surface area contributed by atoms with Gasteiger partial charge in [0.1, 0.15) is 0 Å². The largest absolute Gasteiger partial charge is 0.370 e. The number of aromatic nitrogens is 2. The summed E-state index contributed by atoms with van der Waals surface area (Å²) < 4.78 is 5.14. The molecule has 0 saturated heterocycles. The lowest BCUT2D eigenvalue weighted by Gasteiger charge is -2.04. The van der Waals surface area contributed by atoms with E-state index in [0.717, 1.165) is 18.8 Å². The third-order valence-corrected chi connectivity index (χ3v) is 2.63. The quantitative estimate of drug-likeness (QED) is 0.579. The second-order valence-corrected chi connectivity index (χ2v) is 5.33. The van der Waals surface area contributed by atoms with Crippen molar-refractivity contribution in [2.75, 3.05) is 13.1 Å². The lowest BCUT2D eigenvalue weighted by atomic mass is 10.1. The van der Waals surface area contributed by atoms with Crippen LogP contribution in [-0.4, -0.2) is 29.2 Å². The molecular weight excluding hydrogens is 242 g/mol. The van der Waals surface area contributed by atoms with Gasteiger partial charge >= 0.3 is 0 Å². The minimum absolute atomic E-state index is 0.285. The van der Waals surface area contributed by atoms with E-state index in [4.69, 9.17) is 10.3 Å². The Morgan fingerprint density at radius 3 is 2.68 bits per heavy atom. The van der Waals surface area contributed by atoms with Crippen molar-refractivity contribution < 1.29 is 4.52 Å². The number of nitrogens with one attached hydrogen (secondary N) is 1. The summed E-state index contributed by atoms with van der Waals surface area (Å²) in [5.41, 5.74) is 5.75. The molecule has 0 radical (unpaired) electrons. The normalized spacial score (nSPS) is 12.4. The van der Waals surface area contributed by atoms with E-state index in [0.29, 0.717) is 30.7 Å². The molecule has 1 rings (SSSR count). The van der Waals surface area contributed by atoms with Crippen molar-refractivity contribution in [1.29, 1.82) is 0 Å². The molecule has 108 valence electrons. The van der Waals surface area contributed by atoms with Crippen LogP contribution in [0.15, 0.2) is 9.52 Å². The van der Waals surface area contributed by atoms with Crippen molar-refractivity contribution in [2.45, 2.75) is 46.5 Å². The average molecular weight is 267 g/mol. The zero-order valence-electron chi connectivity index (χ0n) is 12.3. The Hall–Kier alpha value is -1.59. The molecule has 0 unspecified atom stereocenters. The number of hydrogen-bond donors (Lipinski definition) is 2. The number of nitrogens with two attached hydrogens (primary N) is 1. The molecule has 0 atom stereocenters. The van der Waals surface area contributed by atoms with Crippen molar-refractivity contribution in [2.24, 2.45) is 16.6 Å². The van der Waals surface area contributed by atoms with Crippen LogP contribution in [0.3, 0.4) is 0 Å². The van der Waals surface area contributed by atoms with Crippen LogP contribution in [0.25, 0.3) is 0 Å². The van der Waals surface area contributed by atoms with Crippen molar-refractivity contribution in [3.05, 3.63) is 11.7 Å². The predicted octanol–water partition coefficient (Wildman–Crippen LogP) is 1.69. The van der Waals surface area contributed by atoms with Gasteiger partial charge < -0.3 is 15.6 Å². The van der Waals surface area contributed by atoms with Crippen LogP contribution < -0.4 is 11.1 Å². The molecule has 6 heteroatoms. The van der Waals surface area contributed by atoms with Gasteiger partial charge in [-0.15, -0.1) is 0 Å². The fraction of sp³-hybridized carbons (Fsp3) is 0.769. The van der Waals surface area contributed by atoms with Crippen LogP contribution in [0.5, 0.6) is 0 Å². The third kappa shape index (κ3) is 6.22. The van der Waals surface area contributed by atoms with Gasteiger partial charge in [0.15, 0.2) is 11.8 Å². The molecule has 19 heavy (non-hydrogen) atoms. The molecule has 1 aromatic rings. The second kappa shape index (κ2) is 7.76. The van der Waals surface area contributed by atoms with Gasteiger partial charge in [-0.2, -0.15) is 4.98 Å². The van der Waals surface area contributed by atoms with Crippen molar-refractivity contribution in [3.63, 3.8) is 0 Å². The number of hydrogen-bond acceptors (Lipinski definition) is 4. The number of rotatable bonds is 7. The van der Waals surface area contributed by atoms with Crippen LogP contribution in [0.2, 0.25) is 0 Å². The lowest BCUT2D eigenvalue weighted by molar-refractivity contribution is 0.371. The summed E-state index contributed by atoms with van der Waals surface area (Å²) in [6.45, 7) is 9.81. The molecule has 6 nitrogen and oxygen atoms in total. The van der Waals surface area contributed by atoms with E-state index in [1.165, 1.54) is 0 Å². The molecule has 0 aliphatic carbocycles. The molecule has 0 saturated carbocycles. The maximum atomic E-state index is 5.75. The maximum absolute atomic E-state index is 5.75. The van der Waals surface area contributed by atoms with Gasteiger partial charge in [0.25, 0.3) is 0 Å². The monoisotopic (exact) mass is 267 g/mol. The first-order chi connectivity index (χ1) is 8.99. The molecule has 0 fully saturated rings. The van der Waals surface area contributed by atoms with Crippen molar-refractivity contribution >= 4 is 5.96 Å². The second-order valence-electron chi connectivity index (χ2n) is 5.33. The Labute approximate surface area is 114 Å². The highest BCUT2D eigenvalue weighted by Crippen LogP contribution is 2.09. The Kier molecular flexibility index (Phi) is 6.32. The standard InChI is InChI=1S/C13H25N5O/c1-9(2)5-7-15-13(14)16-8-6-11-17-12(10(3)4)18-19-11/h9-10H,5-8H2,1-4H3,(H3,14,15,16). The first-order valence-corrected chi connectivity index (χ1v) is 6.85. The molecule has 0 spiro atoms. The number of guanidine groups is 1. The Morgan fingerprint density at radius 1 is 1.37 bits per heavy atom. The van der Waals surface area contributed by atoms with Gasteiger partial charge in [0.05, 0.1) is 0 Å². The van der Waals surface area contributed by atoms with Gasteiger partial charge in [-0.25, -0.2) is 0 Å². The summed E-state index contributed by atoms with van der Waals surface area (Å²) in [6, 6.07) is 0. The molecular formula is C13H25N5O. The van der Waals surface area contributed by atoms with E-state index in [-0.39, 0.29) is 5.92 Å². The molecule has 1 aromatic heterocycles. The van der Waals surface area contributed by atoms with Crippen LogP contribution in [0.1, 0.15) is 51.7 Å². The molecule has 1 heterocycles. The SMILES string of the molecule is CC(C)CCN=C(N)NCCc1nc(C(C)C)no1. The first kappa shape index (κ1) is 15.5. The van der Waals surface area contributed by atoms with E-state index in [1.807, 2.05) is 13.8 Å². The fourth-order valence-electron chi connectivity index (χ4n) is 1.40. The topological polar surface area (TPSA) is 89.3 Å². The highest BCUT2D eigenvalue weighted by molar-refractivity contribution is 5.77. The summed E-state index contributed by atoms with van der Waals surface area (Å²) >= 11 is 0. The van der Waals surface area contributed by atoms with Gasteiger partial charge in [0.2, 0.25) is 5.89 Å². The number of aliphatic imine (C=N–C) groups is 1. The minimum atomic E-state index is 0.285. The summed E-state index contributed by atoms with van der Waals surface area (Å²) in [6.07, 6.45) is 1.70. The Bertz CT molecular complexity index is 397. The number of nitrogens with zero attached hydrogens (tertiary/aromatic N) is 3. The minimum Gasteiger partial charge on any atom is -0.370 e. The Morgan fingerprint density at radius 2 is 2.11 bits per heavy atom. The fourth-order valence-corrected chi connectivity index (χ4v) is 1.40. The van der Waals surface area contributed by atoms with Gasteiger partial charge in [0, 0.05) is 25.4 Å². The molecule has 0 aliphatic rings. The van der Waals surface area contributed by atoms with E-state index in [9.17, 15) is 0 Å². The predicted molar refractivity (Wildman–Crippen MR) is 76.0 cm³/mol. The van der Waals surface area contributed by atoms with Gasteiger partial charge in [-0.1, -0.05) is 32.9 Å². The van der Waals surface area contributed by atoms with E-state index in [1.54, 1.807) is 0 Å². The van der Waals surface area contributed by atoms with E-state index < -0.39 is 0 Å². The van der Waals surface area contributed by atoms with Gasteiger partial charge in [-0.3, -0.25) is 4.99 Å². The van der Waals surface area contributed by atoms with Gasteiger partial charge in [-0.05, 0) is 12.3 Å². The third-order valence-electron chi connectivity index (χ3n) is 2.63. The maximum Gasteiger partial charge on any atom is 0.228 e. The molecule has 0 aliphatic heterocycles. The van der Waals surface area contributed by atoms with E-state index in [2.05, 4.69) is 34.3 Å². The summed E-state index contributed by atoms with van der Waals surface area (Å²) in [5.74, 6) is 2.78. The summed E-state index contributed by atoms with van der Waals surface area (Å²) in [5, 5.41) is 6.95.